The van der Waals surface area contributed by atoms with E-state index in [0.29, 0.717) is 5.30 Å². The number of allylic oxidation sites excluding steroid dienone is 1. The van der Waals surface area contributed by atoms with Crippen molar-refractivity contribution in [2.24, 2.45) is 5.92 Å². The van der Waals surface area contributed by atoms with Gasteiger partial charge >= 0.3 is 5.97 Å². The van der Waals surface area contributed by atoms with Crippen molar-refractivity contribution >= 4 is 24.7 Å². The maximum Gasteiger partial charge on any atom is 0.306 e. The number of benzene rings is 1. The van der Waals surface area contributed by atoms with Crippen LogP contribution in [-0.4, -0.2) is 22.1 Å². The van der Waals surface area contributed by atoms with E-state index in [9.17, 15) is 14.3 Å². The first-order valence-electron chi connectivity index (χ1n) is 13.2. The van der Waals surface area contributed by atoms with Crippen molar-refractivity contribution in [3.8, 4) is 0 Å². The van der Waals surface area contributed by atoms with Gasteiger partial charge < -0.3 is 10.00 Å². The fraction of sp³-hybridized carbons (Fsp3) is 0.679. The summed E-state index contributed by atoms with van der Waals surface area (Å²) in [5.74, 6) is -1.89. The minimum Gasteiger partial charge on any atom is -0.481 e. The molecule has 0 aliphatic rings. The number of unbranched alkanes of at least 4 members (excludes halogenated alkanes) is 14. The number of carboxylic acids is 1. The van der Waals surface area contributed by atoms with Crippen molar-refractivity contribution in [2.75, 3.05) is 6.16 Å². The van der Waals surface area contributed by atoms with Crippen molar-refractivity contribution in [2.45, 2.75) is 110 Å². The molecule has 1 aromatic carbocycles. The van der Waals surface area contributed by atoms with E-state index in [2.05, 4.69) is 13.0 Å². The van der Waals surface area contributed by atoms with Gasteiger partial charge in [-0.25, -0.2) is 0 Å². The molecular weight excluding hydrogens is 431 g/mol. The molecule has 0 saturated heterocycles. The second kappa shape index (κ2) is 18.0. The quantitative estimate of drug-likeness (QED) is 0.146. The average molecular weight is 479 g/mol. The Morgan fingerprint density at radius 3 is 1.76 bits per heavy atom. The van der Waals surface area contributed by atoms with Gasteiger partial charge in [0, 0.05) is 11.5 Å². The standard InChI is InChI=1S/C28H47O4P/c1-3-4-5-6-7-8-9-10-11-12-13-14-15-16-17-18-19-26-20-22-27(23-21-26)33(31,32)24-25(2)28(29)30/h18-23,25H,3-17,24H2,1-2H3,(H,29,30)(H,31,32)/b19-18+. The molecule has 1 aromatic rings. The van der Waals surface area contributed by atoms with Gasteiger partial charge in [-0.05, 0) is 30.5 Å². The number of carboxylic acid groups (broad SMARTS) is 1. The smallest absolute Gasteiger partial charge is 0.306 e. The maximum absolute atomic E-state index is 12.4. The molecule has 0 heterocycles. The molecule has 0 aliphatic heterocycles. The van der Waals surface area contributed by atoms with E-state index in [1.54, 1.807) is 12.1 Å². The lowest BCUT2D eigenvalue weighted by Gasteiger charge is -2.14. The number of carbonyl (C=O) groups is 1. The Bertz CT molecular complexity index is 711. The van der Waals surface area contributed by atoms with E-state index in [-0.39, 0.29) is 6.16 Å². The number of aliphatic carboxylic acids is 1. The minimum atomic E-state index is -3.64. The van der Waals surface area contributed by atoms with E-state index < -0.39 is 19.3 Å². The van der Waals surface area contributed by atoms with Crippen molar-refractivity contribution in [1.82, 2.24) is 0 Å². The molecular formula is C28H47O4P. The lowest BCUT2D eigenvalue weighted by Crippen LogP contribution is -2.18. The van der Waals surface area contributed by atoms with Gasteiger partial charge in [-0.1, -0.05) is 122 Å². The van der Waals surface area contributed by atoms with Crippen molar-refractivity contribution in [1.29, 1.82) is 0 Å². The Labute approximate surface area is 202 Å². The van der Waals surface area contributed by atoms with Gasteiger partial charge in [-0.3, -0.25) is 9.36 Å². The fourth-order valence-corrected chi connectivity index (χ4v) is 5.77. The monoisotopic (exact) mass is 478 g/mol. The largest absolute Gasteiger partial charge is 0.481 e. The topological polar surface area (TPSA) is 74.6 Å². The Kier molecular flexibility index (Phi) is 16.2. The zero-order valence-electron chi connectivity index (χ0n) is 21.0. The third kappa shape index (κ3) is 14.5. The van der Waals surface area contributed by atoms with E-state index in [1.165, 1.54) is 96.8 Å². The van der Waals surface area contributed by atoms with Gasteiger partial charge in [-0.15, -0.1) is 0 Å². The van der Waals surface area contributed by atoms with Crippen molar-refractivity contribution in [3.05, 3.63) is 35.9 Å². The molecule has 5 heteroatoms. The summed E-state index contributed by atoms with van der Waals surface area (Å²) in [6.45, 7) is 3.73. The van der Waals surface area contributed by atoms with Gasteiger partial charge in [0.15, 0.2) is 0 Å². The SMILES string of the molecule is CCCCCCCCCCCCCCCC/C=C/c1ccc(P(=O)(O)CC(C)C(=O)O)cc1. The first-order valence-corrected chi connectivity index (χ1v) is 15.0. The highest BCUT2D eigenvalue weighted by atomic mass is 31.2. The van der Waals surface area contributed by atoms with Gasteiger partial charge in [0.25, 0.3) is 0 Å². The van der Waals surface area contributed by atoms with E-state index in [0.717, 1.165) is 12.0 Å². The van der Waals surface area contributed by atoms with Crippen molar-refractivity contribution < 1.29 is 19.4 Å². The minimum absolute atomic E-state index is 0.239. The molecule has 0 saturated carbocycles. The molecule has 4 nitrogen and oxygen atoms in total. The van der Waals surface area contributed by atoms with Crippen LogP contribution >= 0.6 is 7.37 Å². The van der Waals surface area contributed by atoms with Crippen LogP contribution in [0.5, 0.6) is 0 Å². The number of hydrogen-bond donors (Lipinski definition) is 2. The second-order valence-corrected chi connectivity index (χ2v) is 11.8. The summed E-state index contributed by atoms with van der Waals surface area (Å²) in [6.07, 6.45) is 24.2. The number of rotatable bonds is 20. The van der Waals surface area contributed by atoms with Crippen LogP contribution in [0, 0.1) is 5.92 Å². The Balaban J connectivity index is 2.08. The van der Waals surface area contributed by atoms with Gasteiger partial charge in [-0.2, -0.15) is 0 Å². The Morgan fingerprint density at radius 2 is 1.30 bits per heavy atom. The average Bonchev–Trinajstić information content (AvgIpc) is 2.78. The van der Waals surface area contributed by atoms with E-state index >= 15 is 0 Å². The molecule has 0 radical (unpaired) electrons. The normalized spacial score (nSPS) is 14.4. The summed E-state index contributed by atoms with van der Waals surface area (Å²) in [4.78, 5) is 21.1. The third-order valence-electron chi connectivity index (χ3n) is 6.27. The molecule has 0 fully saturated rings. The van der Waals surface area contributed by atoms with Crippen LogP contribution in [0.3, 0.4) is 0 Å². The second-order valence-electron chi connectivity index (χ2n) is 9.50. The summed E-state index contributed by atoms with van der Waals surface area (Å²) < 4.78 is 12.4. The fourth-order valence-electron chi connectivity index (χ4n) is 4.05. The van der Waals surface area contributed by atoms with Crippen LogP contribution in [0.1, 0.15) is 116 Å². The summed E-state index contributed by atoms with van der Waals surface area (Å²) in [5, 5.41) is 9.28. The summed E-state index contributed by atoms with van der Waals surface area (Å²) >= 11 is 0. The zero-order valence-corrected chi connectivity index (χ0v) is 21.9. The molecule has 0 aromatic heterocycles. The number of hydrogen-bond acceptors (Lipinski definition) is 2. The molecule has 1 rings (SSSR count). The summed E-state index contributed by atoms with van der Waals surface area (Å²) in [5.41, 5.74) is 0.996. The van der Waals surface area contributed by atoms with Gasteiger partial charge in [0.05, 0.1) is 5.92 Å². The molecule has 2 unspecified atom stereocenters. The molecule has 2 N–H and O–H groups in total. The highest BCUT2D eigenvalue weighted by Crippen LogP contribution is 2.41. The van der Waals surface area contributed by atoms with Gasteiger partial charge in [0.1, 0.15) is 0 Å². The van der Waals surface area contributed by atoms with Crippen LogP contribution < -0.4 is 5.30 Å². The van der Waals surface area contributed by atoms with E-state index in [4.69, 9.17) is 5.11 Å². The predicted octanol–water partition coefficient (Wildman–Crippen LogP) is 8.19. The predicted molar refractivity (Wildman–Crippen MR) is 142 cm³/mol. The lowest BCUT2D eigenvalue weighted by molar-refractivity contribution is -0.140. The third-order valence-corrected chi connectivity index (χ3v) is 8.42. The zero-order chi connectivity index (χ0) is 24.4. The van der Waals surface area contributed by atoms with Crippen LogP contribution in [0.2, 0.25) is 0 Å². The van der Waals surface area contributed by atoms with Crippen molar-refractivity contribution in [3.63, 3.8) is 0 Å². The van der Waals surface area contributed by atoms with Crippen LogP contribution in [0.15, 0.2) is 30.3 Å². The molecule has 2 atom stereocenters. The summed E-state index contributed by atoms with van der Waals surface area (Å²) in [6, 6.07) is 6.93. The van der Waals surface area contributed by atoms with E-state index in [1.807, 2.05) is 18.2 Å². The first kappa shape index (κ1) is 29.7. The Hall–Kier alpha value is -1.38. The van der Waals surface area contributed by atoms with Crippen LogP contribution in [0.25, 0.3) is 6.08 Å². The first-order chi connectivity index (χ1) is 15.9. The molecule has 0 aliphatic carbocycles. The highest BCUT2D eigenvalue weighted by Gasteiger charge is 2.27. The molecule has 188 valence electrons. The Morgan fingerprint density at radius 1 is 0.848 bits per heavy atom. The highest BCUT2D eigenvalue weighted by molar-refractivity contribution is 7.66. The maximum atomic E-state index is 12.4. The van der Waals surface area contributed by atoms with Gasteiger partial charge in [0.2, 0.25) is 7.37 Å². The molecule has 0 spiro atoms. The van der Waals surface area contributed by atoms with Crippen LogP contribution in [-0.2, 0) is 9.36 Å². The molecule has 0 bridgehead atoms. The van der Waals surface area contributed by atoms with Crippen LogP contribution in [0.4, 0.5) is 0 Å². The lowest BCUT2D eigenvalue weighted by atomic mass is 10.0. The molecule has 33 heavy (non-hydrogen) atoms. The molecule has 0 amide bonds. The summed E-state index contributed by atoms with van der Waals surface area (Å²) in [7, 11) is -3.64.